The number of hydrogen-bond donors (Lipinski definition) is 2. The second-order valence-corrected chi connectivity index (χ2v) is 6.97. The third-order valence-corrected chi connectivity index (χ3v) is 4.74. The molecule has 2 N–H and O–H groups in total. The molecular weight excluding hydrogens is 350 g/mol. The van der Waals surface area contributed by atoms with E-state index < -0.39 is 0 Å². The highest BCUT2D eigenvalue weighted by atomic mass is 32.1. The molecule has 128 valence electrons. The monoisotopic (exact) mass is 369 g/mol. The van der Waals surface area contributed by atoms with E-state index >= 15 is 0 Å². The van der Waals surface area contributed by atoms with Gasteiger partial charge in [-0.15, -0.1) is 11.3 Å². The minimum Gasteiger partial charge on any atom is -0.308 e. The van der Waals surface area contributed by atoms with E-state index in [9.17, 15) is 4.79 Å². The largest absolute Gasteiger partial charge is 0.308 e. The molecule has 0 bridgehead atoms. The lowest BCUT2D eigenvalue weighted by molar-refractivity contribution is -0.119. The van der Waals surface area contributed by atoms with Crippen LogP contribution in [0.2, 0.25) is 0 Å². The van der Waals surface area contributed by atoms with Crippen molar-refractivity contribution >= 4 is 50.5 Å². The summed E-state index contributed by atoms with van der Waals surface area (Å²) in [6.45, 7) is 2.05. The van der Waals surface area contributed by atoms with Gasteiger partial charge in [0.2, 0.25) is 5.91 Å². The first kappa shape index (κ1) is 17.5. The van der Waals surface area contributed by atoms with E-state index in [-0.39, 0.29) is 5.91 Å². The van der Waals surface area contributed by atoms with E-state index in [1.54, 1.807) is 0 Å². The van der Waals surface area contributed by atoms with Crippen molar-refractivity contribution in [1.82, 2.24) is 10.3 Å². The number of carbonyl (C=O) groups excluding carboxylic acids is 1. The van der Waals surface area contributed by atoms with Crippen molar-refractivity contribution < 1.29 is 4.79 Å². The zero-order chi connectivity index (χ0) is 17.6. The van der Waals surface area contributed by atoms with Crippen molar-refractivity contribution in [2.75, 3.05) is 5.32 Å². The standard InChI is InChI=1S/C19H19N3OS2/c1-2-3-8-17(23)21-18(24)22-19-20-16(12-25-19)15-10-9-13-6-4-5-7-14(13)11-15/h4-7,9-12H,2-3,8H2,1H3,(H2,20,21,22,23,24). The number of amides is 1. The van der Waals surface area contributed by atoms with Gasteiger partial charge in [0.15, 0.2) is 10.2 Å². The number of unbranched alkanes of at least 4 members (excludes halogenated alkanes) is 1. The Morgan fingerprint density at radius 2 is 2.00 bits per heavy atom. The highest BCUT2D eigenvalue weighted by Crippen LogP contribution is 2.27. The second kappa shape index (κ2) is 8.18. The Morgan fingerprint density at radius 1 is 1.20 bits per heavy atom. The first-order valence-corrected chi connectivity index (χ1v) is 9.50. The molecule has 0 aliphatic heterocycles. The van der Waals surface area contributed by atoms with Crippen molar-refractivity contribution in [3.63, 3.8) is 0 Å². The number of carbonyl (C=O) groups is 1. The van der Waals surface area contributed by atoms with Crippen molar-refractivity contribution in [3.8, 4) is 11.3 Å². The predicted molar refractivity (Wildman–Crippen MR) is 109 cm³/mol. The summed E-state index contributed by atoms with van der Waals surface area (Å²) < 4.78 is 0. The molecule has 0 aliphatic carbocycles. The number of benzene rings is 2. The average molecular weight is 370 g/mol. The molecule has 1 aromatic heterocycles. The van der Waals surface area contributed by atoms with Crippen LogP contribution in [0.4, 0.5) is 5.13 Å². The van der Waals surface area contributed by atoms with Crippen LogP contribution in [0.1, 0.15) is 26.2 Å². The van der Waals surface area contributed by atoms with E-state index in [2.05, 4.69) is 45.9 Å². The number of rotatable bonds is 5. The molecule has 25 heavy (non-hydrogen) atoms. The highest BCUT2D eigenvalue weighted by molar-refractivity contribution is 7.80. The van der Waals surface area contributed by atoms with Gasteiger partial charge in [0.1, 0.15) is 0 Å². The van der Waals surface area contributed by atoms with Crippen molar-refractivity contribution in [1.29, 1.82) is 0 Å². The molecule has 0 unspecified atom stereocenters. The van der Waals surface area contributed by atoms with E-state index in [1.807, 2.05) is 24.4 Å². The third kappa shape index (κ3) is 4.61. The van der Waals surface area contributed by atoms with Crippen LogP contribution in [0.3, 0.4) is 0 Å². The summed E-state index contributed by atoms with van der Waals surface area (Å²) in [6.07, 6.45) is 2.32. The van der Waals surface area contributed by atoms with Crippen LogP contribution >= 0.6 is 23.6 Å². The van der Waals surface area contributed by atoms with Crippen LogP contribution in [0, 0.1) is 0 Å². The number of aromatic nitrogens is 1. The summed E-state index contributed by atoms with van der Waals surface area (Å²) in [5.74, 6) is -0.0642. The number of fused-ring (bicyclic) bond motifs is 1. The fraction of sp³-hybridized carbons (Fsp3) is 0.211. The Labute approximate surface area is 156 Å². The molecule has 4 nitrogen and oxygen atoms in total. The van der Waals surface area contributed by atoms with Gasteiger partial charge in [-0.25, -0.2) is 4.98 Å². The van der Waals surface area contributed by atoms with Gasteiger partial charge >= 0.3 is 0 Å². The van der Waals surface area contributed by atoms with Gasteiger partial charge in [-0.05, 0) is 35.5 Å². The second-order valence-electron chi connectivity index (χ2n) is 5.71. The number of nitrogens with zero attached hydrogens (tertiary/aromatic N) is 1. The maximum atomic E-state index is 11.7. The Kier molecular flexibility index (Phi) is 5.73. The number of thiocarbonyl (C=S) groups is 1. The maximum absolute atomic E-state index is 11.7. The maximum Gasteiger partial charge on any atom is 0.226 e. The van der Waals surface area contributed by atoms with Gasteiger partial charge in [-0.1, -0.05) is 49.7 Å². The molecule has 1 heterocycles. The average Bonchev–Trinajstić information content (AvgIpc) is 3.07. The molecule has 0 fully saturated rings. The first-order valence-electron chi connectivity index (χ1n) is 8.21. The molecule has 0 saturated carbocycles. The molecule has 3 aromatic rings. The molecule has 0 atom stereocenters. The predicted octanol–water partition coefficient (Wildman–Crippen LogP) is 4.97. The van der Waals surface area contributed by atoms with Crippen LogP contribution in [0.15, 0.2) is 47.8 Å². The topological polar surface area (TPSA) is 54.0 Å². The Morgan fingerprint density at radius 3 is 2.80 bits per heavy atom. The minimum absolute atomic E-state index is 0.0642. The summed E-state index contributed by atoms with van der Waals surface area (Å²) in [4.78, 5) is 16.3. The lowest BCUT2D eigenvalue weighted by atomic mass is 10.1. The number of anilines is 1. The van der Waals surface area contributed by atoms with E-state index in [1.165, 1.54) is 22.1 Å². The summed E-state index contributed by atoms with van der Waals surface area (Å²) in [5.41, 5.74) is 1.94. The summed E-state index contributed by atoms with van der Waals surface area (Å²) in [7, 11) is 0. The fourth-order valence-corrected chi connectivity index (χ4v) is 3.47. The van der Waals surface area contributed by atoms with Crippen LogP contribution in [0.5, 0.6) is 0 Å². The van der Waals surface area contributed by atoms with Crippen LogP contribution < -0.4 is 10.6 Å². The Hall–Kier alpha value is -2.31. The molecule has 3 rings (SSSR count). The molecule has 1 amide bonds. The SMILES string of the molecule is CCCCC(=O)NC(=S)Nc1nc(-c2ccc3ccccc3c2)cs1. The van der Waals surface area contributed by atoms with E-state index in [0.29, 0.717) is 16.7 Å². The van der Waals surface area contributed by atoms with Crippen LogP contribution in [-0.4, -0.2) is 16.0 Å². The zero-order valence-corrected chi connectivity index (χ0v) is 15.5. The summed E-state index contributed by atoms with van der Waals surface area (Å²) >= 11 is 6.64. The fourth-order valence-electron chi connectivity index (χ4n) is 2.47. The van der Waals surface area contributed by atoms with E-state index in [0.717, 1.165) is 24.1 Å². The lowest BCUT2D eigenvalue weighted by Crippen LogP contribution is -2.33. The smallest absolute Gasteiger partial charge is 0.226 e. The van der Waals surface area contributed by atoms with Gasteiger partial charge in [-0.3, -0.25) is 4.79 Å². The Balaban J connectivity index is 1.67. The molecule has 0 spiro atoms. The zero-order valence-electron chi connectivity index (χ0n) is 13.9. The lowest BCUT2D eigenvalue weighted by Gasteiger charge is -2.06. The third-order valence-electron chi connectivity index (χ3n) is 3.78. The highest BCUT2D eigenvalue weighted by Gasteiger charge is 2.09. The van der Waals surface area contributed by atoms with Crippen LogP contribution in [-0.2, 0) is 4.79 Å². The quantitative estimate of drug-likeness (QED) is 0.624. The number of hydrogen-bond acceptors (Lipinski definition) is 4. The van der Waals surface area contributed by atoms with Crippen LogP contribution in [0.25, 0.3) is 22.0 Å². The van der Waals surface area contributed by atoms with E-state index in [4.69, 9.17) is 12.2 Å². The van der Waals surface area contributed by atoms with Crippen molar-refractivity contribution in [2.45, 2.75) is 26.2 Å². The summed E-state index contributed by atoms with van der Waals surface area (Å²) in [5, 5.41) is 11.0. The molecule has 0 saturated heterocycles. The van der Waals surface area contributed by atoms with Gasteiger partial charge in [-0.2, -0.15) is 0 Å². The van der Waals surface area contributed by atoms with Crippen molar-refractivity contribution in [3.05, 3.63) is 47.8 Å². The number of nitrogens with one attached hydrogen (secondary N) is 2. The molecule has 0 aliphatic rings. The minimum atomic E-state index is -0.0642. The summed E-state index contributed by atoms with van der Waals surface area (Å²) in [6, 6.07) is 14.5. The molecule has 0 radical (unpaired) electrons. The van der Waals surface area contributed by atoms with Gasteiger partial charge in [0, 0.05) is 17.4 Å². The van der Waals surface area contributed by atoms with Gasteiger partial charge in [0.05, 0.1) is 5.69 Å². The normalized spacial score (nSPS) is 10.6. The first-order chi connectivity index (χ1) is 12.2. The number of thiazole rings is 1. The van der Waals surface area contributed by atoms with Gasteiger partial charge in [0.25, 0.3) is 0 Å². The molecular formula is C19H19N3OS2. The van der Waals surface area contributed by atoms with Gasteiger partial charge < -0.3 is 10.6 Å². The van der Waals surface area contributed by atoms with Crippen molar-refractivity contribution in [2.24, 2.45) is 0 Å². The molecule has 6 heteroatoms. The molecule has 2 aromatic carbocycles. The Bertz CT molecular complexity index is 904.